The van der Waals surface area contributed by atoms with E-state index < -0.39 is 0 Å². The number of nitriles is 1. The van der Waals surface area contributed by atoms with Gasteiger partial charge in [0, 0.05) is 18.6 Å². The van der Waals surface area contributed by atoms with Crippen molar-refractivity contribution in [3.05, 3.63) is 87.1 Å². The van der Waals surface area contributed by atoms with Gasteiger partial charge in [-0.15, -0.1) is 0 Å². The van der Waals surface area contributed by atoms with Crippen molar-refractivity contribution in [3.63, 3.8) is 0 Å². The first-order valence-electron chi connectivity index (χ1n) is 11.3. The zero-order valence-electron chi connectivity index (χ0n) is 19.2. The Morgan fingerprint density at radius 1 is 1.12 bits per heavy atom. The molecular weight excluding hydrogens is 398 g/mol. The second-order valence-corrected chi connectivity index (χ2v) is 7.88. The molecule has 0 fully saturated rings. The summed E-state index contributed by atoms with van der Waals surface area (Å²) in [4.78, 5) is 18.2. The van der Waals surface area contributed by atoms with Crippen LogP contribution in [0.2, 0.25) is 0 Å². The summed E-state index contributed by atoms with van der Waals surface area (Å²) in [6.07, 6.45) is 3.27. The third-order valence-corrected chi connectivity index (χ3v) is 5.64. The number of hydrogen-bond donors (Lipinski definition) is 0. The molecule has 0 saturated heterocycles. The first-order chi connectivity index (χ1) is 15.6. The average Bonchev–Trinajstić information content (AvgIpc) is 2.82. The van der Waals surface area contributed by atoms with Gasteiger partial charge in [-0.3, -0.25) is 9.36 Å². The van der Waals surface area contributed by atoms with E-state index in [1.165, 1.54) is 0 Å². The van der Waals surface area contributed by atoms with Crippen LogP contribution in [0.15, 0.2) is 53.3 Å². The minimum absolute atomic E-state index is 0.00560. The molecule has 1 aromatic heterocycles. The monoisotopic (exact) mass is 429 g/mol. The summed E-state index contributed by atoms with van der Waals surface area (Å²) in [5.41, 5.74) is 5.05. The molecule has 32 heavy (non-hydrogen) atoms. The Bertz CT molecular complexity index is 1140. The van der Waals surface area contributed by atoms with Gasteiger partial charge in [0.2, 0.25) is 0 Å². The molecule has 166 valence electrons. The van der Waals surface area contributed by atoms with Crippen molar-refractivity contribution < 1.29 is 4.74 Å². The van der Waals surface area contributed by atoms with Gasteiger partial charge < -0.3 is 4.74 Å². The SMILES string of the molecule is CCCCc1nc(C)n(CCOCC)c(=O)c1Cc1ccc(-c2ccccc2)c(C#N)c1. The van der Waals surface area contributed by atoms with E-state index >= 15 is 0 Å². The lowest BCUT2D eigenvalue weighted by Crippen LogP contribution is -2.31. The Kier molecular flexibility index (Phi) is 8.35. The zero-order valence-corrected chi connectivity index (χ0v) is 19.2. The molecule has 0 bridgehead atoms. The van der Waals surface area contributed by atoms with Gasteiger partial charge in [-0.05, 0) is 49.4 Å². The zero-order chi connectivity index (χ0) is 22.9. The fraction of sp³-hybridized carbons (Fsp3) is 0.370. The number of rotatable bonds is 10. The van der Waals surface area contributed by atoms with Crippen LogP contribution in [0, 0.1) is 18.3 Å². The first-order valence-corrected chi connectivity index (χ1v) is 11.3. The highest BCUT2D eigenvalue weighted by Crippen LogP contribution is 2.25. The molecule has 0 atom stereocenters. The fourth-order valence-corrected chi connectivity index (χ4v) is 3.92. The standard InChI is InChI=1S/C27H31N3O2/c1-4-6-12-26-25(27(31)30(20(3)29-26)15-16-32-5-2)18-21-13-14-24(23(17-21)19-28)22-10-8-7-9-11-22/h7-11,13-14,17H,4-6,12,15-16,18H2,1-3H3. The molecule has 0 radical (unpaired) electrons. The molecule has 0 aliphatic heterocycles. The van der Waals surface area contributed by atoms with Crippen LogP contribution in [-0.2, 0) is 24.1 Å². The van der Waals surface area contributed by atoms with Crippen molar-refractivity contribution in [2.24, 2.45) is 0 Å². The van der Waals surface area contributed by atoms with Crippen molar-refractivity contribution >= 4 is 0 Å². The summed E-state index contributed by atoms with van der Waals surface area (Å²) >= 11 is 0. The highest BCUT2D eigenvalue weighted by atomic mass is 16.5. The largest absolute Gasteiger partial charge is 0.380 e. The van der Waals surface area contributed by atoms with Gasteiger partial charge in [-0.1, -0.05) is 55.8 Å². The van der Waals surface area contributed by atoms with E-state index in [0.717, 1.165) is 53.0 Å². The third-order valence-electron chi connectivity index (χ3n) is 5.64. The Labute approximate surface area is 190 Å². The minimum atomic E-state index is -0.00560. The topological polar surface area (TPSA) is 67.9 Å². The van der Waals surface area contributed by atoms with Crippen LogP contribution in [0.4, 0.5) is 0 Å². The van der Waals surface area contributed by atoms with Crippen molar-refractivity contribution in [1.82, 2.24) is 9.55 Å². The molecular formula is C27H31N3O2. The first kappa shape index (κ1) is 23.4. The van der Waals surface area contributed by atoms with E-state index in [1.807, 2.05) is 62.4 Å². The average molecular weight is 430 g/mol. The summed E-state index contributed by atoms with van der Waals surface area (Å²) in [6, 6.07) is 18.1. The molecule has 3 rings (SSSR count). The van der Waals surface area contributed by atoms with E-state index in [0.29, 0.717) is 31.7 Å². The van der Waals surface area contributed by atoms with E-state index in [9.17, 15) is 10.1 Å². The molecule has 1 heterocycles. The van der Waals surface area contributed by atoms with Crippen molar-refractivity contribution in [3.8, 4) is 17.2 Å². The van der Waals surface area contributed by atoms with Crippen LogP contribution in [0.5, 0.6) is 0 Å². The number of benzene rings is 2. The normalized spacial score (nSPS) is 10.8. The fourth-order valence-electron chi connectivity index (χ4n) is 3.92. The number of unbranched alkanes of at least 4 members (excludes halogenated alkanes) is 1. The van der Waals surface area contributed by atoms with Gasteiger partial charge in [0.05, 0.1) is 30.5 Å². The summed E-state index contributed by atoms with van der Waals surface area (Å²) in [5, 5.41) is 9.75. The van der Waals surface area contributed by atoms with E-state index in [2.05, 4.69) is 13.0 Å². The van der Waals surface area contributed by atoms with Gasteiger partial charge in [0.15, 0.2) is 0 Å². The Morgan fingerprint density at radius 3 is 2.59 bits per heavy atom. The Morgan fingerprint density at radius 2 is 1.91 bits per heavy atom. The van der Waals surface area contributed by atoms with Gasteiger partial charge in [0.1, 0.15) is 5.82 Å². The predicted molar refractivity (Wildman–Crippen MR) is 128 cm³/mol. The maximum absolute atomic E-state index is 13.4. The highest BCUT2D eigenvalue weighted by Gasteiger charge is 2.16. The lowest BCUT2D eigenvalue weighted by molar-refractivity contribution is 0.137. The molecule has 0 N–H and O–H groups in total. The van der Waals surface area contributed by atoms with Crippen molar-refractivity contribution in [1.29, 1.82) is 5.26 Å². The third kappa shape index (κ3) is 5.52. The van der Waals surface area contributed by atoms with E-state index in [1.54, 1.807) is 4.57 Å². The smallest absolute Gasteiger partial charge is 0.257 e. The number of aromatic nitrogens is 2. The number of hydrogen-bond acceptors (Lipinski definition) is 4. The van der Waals surface area contributed by atoms with Gasteiger partial charge in [-0.25, -0.2) is 4.98 Å². The quantitative estimate of drug-likeness (QED) is 0.423. The lowest BCUT2D eigenvalue weighted by Gasteiger charge is -2.16. The lowest BCUT2D eigenvalue weighted by atomic mass is 9.95. The second-order valence-electron chi connectivity index (χ2n) is 7.88. The predicted octanol–water partition coefficient (Wildman–Crippen LogP) is 5.06. The summed E-state index contributed by atoms with van der Waals surface area (Å²) in [7, 11) is 0. The van der Waals surface area contributed by atoms with Crippen LogP contribution >= 0.6 is 0 Å². The number of aryl methyl sites for hydroxylation is 2. The Hall–Kier alpha value is -3.23. The van der Waals surface area contributed by atoms with Gasteiger partial charge in [0.25, 0.3) is 5.56 Å². The highest BCUT2D eigenvalue weighted by molar-refractivity contribution is 5.71. The molecule has 5 nitrogen and oxygen atoms in total. The van der Waals surface area contributed by atoms with Crippen LogP contribution in [-0.4, -0.2) is 22.8 Å². The molecule has 2 aromatic carbocycles. The molecule has 0 spiro atoms. The van der Waals surface area contributed by atoms with Crippen LogP contribution in [0.1, 0.15) is 54.9 Å². The summed E-state index contributed by atoms with van der Waals surface area (Å²) in [5.74, 6) is 0.724. The van der Waals surface area contributed by atoms with Gasteiger partial charge in [-0.2, -0.15) is 5.26 Å². The number of ether oxygens (including phenoxy) is 1. The Balaban J connectivity index is 2.00. The van der Waals surface area contributed by atoms with Crippen molar-refractivity contribution in [2.75, 3.05) is 13.2 Å². The maximum atomic E-state index is 13.4. The molecule has 3 aromatic rings. The minimum Gasteiger partial charge on any atom is -0.380 e. The molecule has 0 saturated carbocycles. The molecule has 0 amide bonds. The van der Waals surface area contributed by atoms with Gasteiger partial charge >= 0.3 is 0 Å². The molecule has 0 aliphatic rings. The maximum Gasteiger partial charge on any atom is 0.257 e. The van der Waals surface area contributed by atoms with Crippen molar-refractivity contribution in [2.45, 2.75) is 53.0 Å². The van der Waals surface area contributed by atoms with E-state index in [-0.39, 0.29) is 5.56 Å². The molecule has 5 heteroatoms. The molecule has 0 unspecified atom stereocenters. The second kappa shape index (κ2) is 11.4. The van der Waals surface area contributed by atoms with Crippen LogP contribution < -0.4 is 5.56 Å². The van der Waals surface area contributed by atoms with Crippen LogP contribution in [0.3, 0.4) is 0 Å². The molecule has 0 aliphatic carbocycles. The summed E-state index contributed by atoms with van der Waals surface area (Å²) < 4.78 is 7.17. The summed E-state index contributed by atoms with van der Waals surface area (Å²) in [6.45, 7) is 7.55. The number of nitrogens with zero attached hydrogens (tertiary/aromatic N) is 3. The van der Waals surface area contributed by atoms with Crippen LogP contribution in [0.25, 0.3) is 11.1 Å². The van der Waals surface area contributed by atoms with E-state index in [4.69, 9.17) is 9.72 Å².